The van der Waals surface area contributed by atoms with Gasteiger partial charge in [-0.15, -0.1) is 17.9 Å². The Morgan fingerprint density at radius 1 is 1.24 bits per heavy atom. The maximum Gasteiger partial charge on any atom is 0.253 e. The minimum atomic E-state index is -3.25. The number of anilines is 1. The predicted molar refractivity (Wildman–Crippen MR) is 116 cm³/mol. The van der Waals surface area contributed by atoms with E-state index in [2.05, 4.69) is 11.6 Å². The second-order valence-corrected chi connectivity index (χ2v) is 9.18. The van der Waals surface area contributed by atoms with Crippen LogP contribution in [0.5, 0.6) is 0 Å². The Morgan fingerprint density at radius 3 is 2.55 bits per heavy atom. The molecule has 0 saturated carbocycles. The van der Waals surface area contributed by atoms with Crippen molar-refractivity contribution in [3.63, 3.8) is 0 Å². The van der Waals surface area contributed by atoms with Crippen molar-refractivity contribution < 1.29 is 17.6 Å². The van der Waals surface area contributed by atoms with Gasteiger partial charge in [0, 0.05) is 29.8 Å². The lowest BCUT2D eigenvalue weighted by Crippen LogP contribution is -2.29. The fourth-order valence-electron chi connectivity index (χ4n) is 2.57. The highest BCUT2D eigenvalue weighted by Gasteiger charge is 2.17. The first-order chi connectivity index (χ1) is 13.8. The molecule has 3 aromatic rings. The number of sulfone groups is 1. The molecule has 0 unspecified atom stereocenters. The molecule has 0 saturated heterocycles. The first-order valence-corrected chi connectivity index (χ1v) is 11.5. The molecule has 2 aromatic heterocycles. The van der Waals surface area contributed by atoms with Crippen LogP contribution in [-0.2, 0) is 14.6 Å². The Labute approximate surface area is 173 Å². The zero-order valence-corrected chi connectivity index (χ0v) is 17.7. The average molecular weight is 429 g/mol. The number of aromatic nitrogens is 1. The van der Waals surface area contributed by atoms with Crippen molar-refractivity contribution in [3.05, 3.63) is 72.0 Å². The van der Waals surface area contributed by atoms with Gasteiger partial charge in [0.05, 0.1) is 10.6 Å². The first kappa shape index (κ1) is 20.8. The van der Waals surface area contributed by atoms with E-state index in [0.29, 0.717) is 23.1 Å². The maximum atomic E-state index is 12.7. The molecule has 29 heavy (non-hydrogen) atoms. The average Bonchev–Trinajstić information content (AvgIpc) is 3.33. The van der Waals surface area contributed by atoms with E-state index in [1.807, 2.05) is 18.4 Å². The van der Waals surface area contributed by atoms with Gasteiger partial charge in [-0.25, -0.2) is 13.4 Å². The molecule has 0 bridgehead atoms. The van der Waals surface area contributed by atoms with Crippen LogP contribution in [0.1, 0.15) is 11.5 Å². The summed E-state index contributed by atoms with van der Waals surface area (Å²) in [6, 6.07) is 10.1. The molecule has 150 valence electrons. The molecule has 1 aromatic carbocycles. The highest BCUT2D eigenvalue weighted by Crippen LogP contribution is 2.28. The molecule has 6 nitrogen and oxygen atoms in total. The van der Waals surface area contributed by atoms with Gasteiger partial charge in [0.1, 0.15) is 11.5 Å². The van der Waals surface area contributed by atoms with Gasteiger partial charge < -0.3 is 4.42 Å². The van der Waals surface area contributed by atoms with Crippen molar-refractivity contribution >= 4 is 38.3 Å². The van der Waals surface area contributed by atoms with Crippen LogP contribution < -0.4 is 4.90 Å². The third-order valence-corrected chi connectivity index (χ3v) is 6.02. The van der Waals surface area contributed by atoms with Crippen LogP contribution in [0.15, 0.2) is 69.8 Å². The number of carbonyl (C=O) groups is 1. The molecule has 0 aliphatic carbocycles. The number of hydrogen-bond acceptors (Lipinski definition) is 6. The minimum absolute atomic E-state index is 0.243. The summed E-state index contributed by atoms with van der Waals surface area (Å²) in [4.78, 5) is 19.0. The lowest BCUT2D eigenvalue weighted by Gasteiger charge is -2.15. The van der Waals surface area contributed by atoms with E-state index in [1.165, 1.54) is 28.6 Å². The number of nitrogens with zero attached hydrogens (tertiary/aromatic N) is 2. The van der Waals surface area contributed by atoms with Crippen LogP contribution in [-0.4, -0.2) is 32.1 Å². The number of furan rings is 1. The van der Waals surface area contributed by atoms with Crippen LogP contribution in [0, 0.1) is 6.92 Å². The van der Waals surface area contributed by atoms with Crippen molar-refractivity contribution in [1.29, 1.82) is 0 Å². The van der Waals surface area contributed by atoms with E-state index < -0.39 is 9.84 Å². The van der Waals surface area contributed by atoms with E-state index in [-0.39, 0.29) is 10.8 Å². The molecular weight excluding hydrogens is 408 g/mol. The third-order valence-electron chi connectivity index (χ3n) is 4.03. The van der Waals surface area contributed by atoms with E-state index in [1.54, 1.807) is 42.5 Å². The fraction of sp³-hybridized carbons (Fsp3) is 0.143. The summed E-state index contributed by atoms with van der Waals surface area (Å²) >= 11 is 1.33. The highest BCUT2D eigenvalue weighted by atomic mass is 32.2. The number of amides is 1. The van der Waals surface area contributed by atoms with Crippen LogP contribution >= 0.6 is 11.3 Å². The quantitative estimate of drug-likeness (QED) is 0.413. The predicted octanol–water partition coefficient (Wildman–Crippen LogP) is 4.35. The Morgan fingerprint density at radius 2 is 1.97 bits per heavy atom. The zero-order valence-electron chi connectivity index (χ0n) is 16.0. The topological polar surface area (TPSA) is 80.5 Å². The number of rotatable bonds is 7. The van der Waals surface area contributed by atoms with E-state index in [0.717, 1.165) is 11.3 Å². The normalized spacial score (nSPS) is 11.7. The smallest absolute Gasteiger partial charge is 0.253 e. The highest BCUT2D eigenvalue weighted by molar-refractivity contribution is 7.90. The molecule has 0 radical (unpaired) electrons. The second-order valence-electron chi connectivity index (χ2n) is 6.33. The lowest BCUT2D eigenvalue weighted by molar-refractivity contribution is -0.114. The summed E-state index contributed by atoms with van der Waals surface area (Å²) in [6.07, 6.45) is 5.84. The number of benzene rings is 1. The standard InChI is InChI=1S/C21H20N2O4S2/c1-4-13-23(20(24)12-9-17-8-5-15(2)27-17)21-22-19(14-28-21)16-6-10-18(11-7-16)29(3,25)26/h4-12,14H,1,13H2,2-3H3/b12-9+. The van der Waals surface area contributed by atoms with Gasteiger partial charge in [-0.2, -0.15) is 0 Å². The van der Waals surface area contributed by atoms with Gasteiger partial charge in [0.15, 0.2) is 15.0 Å². The summed E-state index contributed by atoms with van der Waals surface area (Å²) in [5.74, 6) is 1.12. The summed E-state index contributed by atoms with van der Waals surface area (Å²) in [7, 11) is -3.25. The van der Waals surface area contributed by atoms with Gasteiger partial charge in [-0.05, 0) is 37.3 Å². The van der Waals surface area contributed by atoms with Gasteiger partial charge in [-0.3, -0.25) is 9.69 Å². The van der Waals surface area contributed by atoms with Crippen LogP contribution in [0.2, 0.25) is 0 Å². The van der Waals surface area contributed by atoms with Crippen LogP contribution in [0.3, 0.4) is 0 Å². The molecule has 0 aliphatic rings. The summed E-state index contributed by atoms with van der Waals surface area (Å²) in [5.41, 5.74) is 1.44. The van der Waals surface area contributed by atoms with Gasteiger partial charge in [-0.1, -0.05) is 18.2 Å². The lowest BCUT2D eigenvalue weighted by atomic mass is 10.2. The molecule has 0 aliphatic heterocycles. The van der Waals surface area contributed by atoms with Crippen molar-refractivity contribution in [2.24, 2.45) is 0 Å². The second kappa shape index (κ2) is 8.59. The van der Waals surface area contributed by atoms with Gasteiger partial charge in [0.2, 0.25) is 0 Å². The Balaban J connectivity index is 1.82. The molecule has 8 heteroatoms. The van der Waals surface area contributed by atoms with E-state index in [4.69, 9.17) is 4.42 Å². The Hall–Kier alpha value is -2.97. The molecule has 0 N–H and O–H groups in total. The van der Waals surface area contributed by atoms with Crippen LogP contribution in [0.25, 0.3) is 17.3 Å². The van der Waals surface area contributed by atoms with Crippen molar-refractivity contribution in [3.8, 4) is 11.3 Å². The zero-order chi connectivity index (χ0) is 21.0. The summed E-state index contributed by atoms with van der Waals surface area (Å²) in [6.45, 7) is 5.85. The number of carbonyl (C=O) groups excluding carboxylic acids is 1. The maximum absolute atomic E-state index is 12.7. The Bertz CT molecular complexity index is 1160. The van der Waals surface area contributed by atoms with Crippen molar-refractivity contribution in [2.75, 3.05) is 17.7 Å². The Kier molecular flexibility index (Phi) is 6.14. The SMILES string of the molecule is C=CCN(C(=O)/C=C/c1ccc(C)o1)c1nc(-c2ccc(S(C)(=O)=O)cc2)cs1. The van der Waals surface area contributed by atoms with Gasteiger partial charge in [0.25, 0.3) is 5.91 Å². The largest absolute Gasteiger partial charge is 0.462 e. The van der Waals surface area contributed by atoms with Crippen molar-refractivity contribution in [2.45, 2.75) is 11.8 Å². The molecular formula is C21H20N2O4S2. The number of aryl methyl sites for hydroxylation is 1. The van der Waals surface area contributed by atoms with E-state index >= 15 is 0 Å². The summed E-state index contributed by atoms with van der Waals surface area (Å²) < 4.78 is 28.7. The molecule has 1 amide bonds. The van der Waals surface area contributed by atoms with E-state index in [9.17, 15) is 13.2 Å². The molecule has 2 heterocycles. The minimum Gasteiger partial charge on any atom is -0.462 e. The molecule has 0 spiro atoms. The number of hydrogen-bond donors (Lipinski definition) is 0. The molecule has 0 atom stereocenters. The molecule has 0 fully saturated rings. The first-order valence-electron chi connectivity index (χ1n) is 8.71. The monoisotopic (exact) mass is 428 g/mol. The third kappa shape index (κ3) is 5.10. The summed E-state index contributed by atoms with van der Waals surface area (Å²) in [5, 5.41) is 2.35. The van der Waals surface area contributed by atoms with Crippen LogP contribution in [0.4, 0.5) is 5.13 Å². The fourth-order valence-corrected chi connectivity index (χ4v) is 4.05. The number of thiazole rings is 1. The molecule has 3 rings (SSSR count). The van der Waals surface area contributed by atoms with Crippen molar-refractivity contribution in [1.82, 2.24) is 4.98 Å². The van der Waals surface area contributed by atoms with Gasteiger partial charge >= 0.3 is 0 Å².